The Hall–Kier alpha value is -3.80. The van der Waals surface area contributed by atoms with E-state index < -0.39 is 5.60 Å². The van der Waals surface area contributed by atoms with Crippen molar-refractivity contribution in [2.24, 2.45) is 0 Å². The average molecular weight is 477 g/mol. The molecular formula is C26H32N6O3. The monoisotopic (exact) mass is 476 g/mol. The Morgan fingerprint density at radius 2 is 2.03 bits per heavy atom. The predicted octanol–water partition coefficient (Wildman–Crippen LogP) is 4.50. The Balaban J connectivity index is 1.57. The molecule has 0 saturated carbocycles. The van der Waals surface area contributed by atoms with Crippen LogP contribution in [0.1, 0.15) is 46.6 Å². The summed E-state index contributed by atoms with van der Waals surface area (Å²) < 4.78 is 13.0. The van der Waals surface area contributed by atoms with Crippen LogP contribution in [0.3, 0.4) is 0 Å². The average Bonchev–Trinajstić information content (AvgIpc) is 3.25. The van der Waals surface area contributed by atoms with Crippen LogP contribution in [0, 0.1) is 11.3 Å². The van der Waals surface area contributed by atoms with Crippen molar-refractivity contribution in [1.82, 2.24) is 19.5 Å². The Labute approximate surface area is 205 Å². The van der Waals surface area contributed by atoms with Crippen LogP contribution in [0.25, 0.3) is 16.6 Å². The standard InChI is InChI=1S/C26H32N6O3/c1-6-20-16-30(10-11-31(20)25(33)35-26(3,4)5)23-9-8-18(14-28-23)22-12-21(34-7-2)17-32-24(22)19(13-27)15-29-32/h8-9,12,14-15,17,20H,6-7,10-11,16H2,1-5H3/t20-/m0/s1. The molecule has 3 aromatic heterocycles. The molecule has 1 saturated heterocycles. The zero-order valence-electron chi connectivity index (χ0n) is 21.0. The minimum Gasteiger partial charge on any atom is -0.492 e. The van der Waals surface area contributed by atoms with Gasteiger partial charge in [-0.05, 0) is 52.3 Å². The second kappa shape index (κ2) is 9.82. The van der Waals surface area contributed by atoms with Gasteiger partial charge in [0.1, 0.15) is 23.2 Å². The van der Waals surface area contributed by atoms with Gasteiger partial charge in [-0.1, -0.05) is 6.92 Å². The highest BCUT2D eigenvalue weighted by Gasteiger charge is 2.32. The third-order valence-corrected chi connectivity index (χ3v) is 5.98. The number of carbonyl (C=O) groups is 1. The van der Waals surface area contributed by atoms with Crippen molar-refractivity contribution in [2.45, 2.75) is 52.7 Å². The van der Waals surface area contributed by atoms with Gasteiger partial charge in [0.05, 0.1) is 36.1 Å². The fraction of sp³-hybridized carbons (Fsp3) is 0.462. The lowest BCUT2D eigenvalue weighted by Crippen LogP contribution is -2.56. The van der Waals surface area contributed by atoms with E-state index in [-0.39, 0.29) is 12.1 Å². The van der Waals surface area contributed by atoms with E-state index in [9.17, 15) is 10.1 Å². The van der Waals surface area contributed by atoms with Crippen LogP contribution < -0.4 is 9.64 Å². The molecule has 0 N–H and O–H groups in total. The Kier molecular flexibility index (Phi) is 6.83. The Morgan fingerprint density at radius 3 is 2.66 bits per heavy atom. The number of piperazine rings is 1. The van der Waals surface area contributed by atoms with Crippen molar-refractivity contribution in [1.29, 1.82) is 5.26 Å². The molecule has 184 valence electrons. The summed E-state index contributed by atoms with van der Waals surface area (Å²) in [4.78, 5) is 21.4. The van der Waals surface area contributed by atoms with E-state index in [1.54, 1.807) is 16.9 Å². The van der Waals surface area contributed by atoms with Crippen molar-refractivity contribution in [3.8, 4) is 22.9 Å². The molecule has 1 atom stereocenters. The van der Waals surface area contributed by atoms with Gasteiger partial charge in [-0.25, -0.2) is 14.3 Å². The second-order valence-electron chi connectivity index (χ2n) is 9.57. The Bertz CT molecular complexity index is 1240. The van der Waals surface area contributed by atoms with Crippen molar-refractivity contribution < 1.29 is 14.3 Å². The van der Waals surface area contributed by atoms with Crippen LogP contribution in [-0.4, -0.2) is 63.5 Å². The van der Waals surface area contributed by atoms with Crippen LogP contribution in [0.2, 0.25) is 0 Å². The van der Waals surface area contributed by atoms with E-state index in [0.717, 1.165) is 28.9 Å². The summed E-state index contributed by atoms with van der Waals surface area (Å²) in [5.74, 6) is 1.53. The Morgan fingerprint density at radius 1 is 1.23 bits per heavy atom. The molecule has 0 radical (unpaired) electrons. The number of hydrogen-bond donors (Lipinski definition) is 0. The number of ether oxygens (including phenoxy) is 2. The maximum atomic E-state index is 12.7. The van der Waals surface area contributed by atoms with Crippen LogP contribution in [-0.2, 0) is 4.74 Å². The third kappa shape index (κ3) is 5.16. The lowest BCUT2D eigenvalue weighted by atomic mass is 10.0. The summed E-state index contributed by atoms with van der Waals surface area (Å²) >= 11 is 0. The van der Waals surface area contributed by atoms with Gasteiger partial charge in [0.25, 0.3) is 0 Å². The molecule has 9 heteroatoms. The molecule has 1 aliphatic rings. The number of rotatable bonds is 5. The quantitative estimate of drug-likeness (QED) is 0.535. The number of carbonyl (C=O) groups excluding carboxylic acids is 1. The van der Waals surface area contributed by atoms with E-state index in [4.69, 9.17) is 14.5 Å². The molecule has 1 amide bonds. The zero-order valence-corrected chi connectivity index (χ0v) is 21.0. The maximum Gasteiger partial charge on any atom is 0.410 e. The first-order valence-electron chi connectivity index (χ1n) is 12.0. The van der Waals surface area contributed by atoms with Gasteiger partial charge in [-0.15, -0.1) is 0 Å². The molecule has 0 aromatic carbocycles. The summed E-state index contributed by atoms with van der Waals surface area (Å²) in [5.41, 5.74) is 2.41. The number of fused-ring (bicyclic) bond motifs is 1. The minimum absolute atomic E-state index is 0.0487. The fourth-order valence-corrected chi connectivity index (χ4v) is 4.35. The minimum atomic E-state index is -0.518. The van der Waals surface area contributed by atoms with Gasteiger partial charge in [0, 0.05) is 37.0 Å². The first kappa shape index (κ1) is 24.3. The lowest BCUT2D eigenvalue weighted by molar-refractivity contribution is 0.0136. The van der Waals surface area contributed by atoms with Crippen LogP contribution in [0.5, 0.6) is 5.75 Å². The largest absolute Gasteiger partial charge is 0.492 e. The van der Waals surface area contributed by atoms with Gasteiger partial charge in [0.2, 0.25) is 0 Å². The van der Waals surface area contributed by atoms with Crippen molar-refractivity contribution in [3.63, 3.8) is 0 Å². The summed E-state index contributed by atoms with van der Waals surface area (Å²) in [7, 11) is 0. The number of anilines is 1. The van der Waals surface area contributed by atoms with E-state index >= 15 is 0 Å². The molecule has 3 aromatic rings. The van der Waals surface area contributed by atoms with Crippen molar-refractivity contribution in [3.05, 3.63) is 42.4 Å². The molecule has 0 spiro atoms. The number of pyridine rings is 2. The molecule has 0 unspecified atom stereocenters. The molecule has 35 heavy (non-hydrogen) atoms. The van der Waals surface area contributed by atoms with Gasteiger partial charge < -0.3 is 19.3 Å². The highest BCUT2D eigenvalue weighted by molar-refractivity contribution is 5.85. The van der Waals surface area contributed by atoms with Gasteiger partial charge in [-0.2, -0.15) is 10.4 Å². The molecular weight excluding hydrogens is 444 g/mol. The van der Waals surface area contributed by atoms with Crippen molar-refractivity contribution >= 4 is 17.4 Å². The predicted molar refractivity (Wildman–Crippen MR) is 134 cm³/mol. The topological polar surface area (TPSA) is 96.0 Å². The normalized spacial score (nSPS) is 16.3. The van der Waals surface area contributed by atoms with E-state index in [1.807, 2.05) is 57.0 Å². The van der Waals surface area contributed by atoms with Crippen LogP contribution >= 0.6 is 0 Å². The zero-order chi connectivity index (χ0) is 25.2. The molecule has 4 rings (SSSR count). The first-order valence-corrected chi connectivity index (χ1v) is 12.0. The molecule has 1 fully saturated rings. The summed E-state index contributed by atoms with van der Waals surface area (Å²) in [6.07, 6.45) is 5.72. The number of hydrogen-bond acceptors (Lipinski definition) is 7. The highest BCUT2D eigenvalue weighted by atomic mass is 16.6. The van der Waals surface area contributed by atoms with Crippen molar-refractivity contribution in [2.75, 3.05) is 31.1 Å². The fourth-order valence-electron chi connectivity index (χ4n) is 4.35. The highest BCUT2D eigenvalue weighted by Crippen LogP contribution is 2.31. The van der Waals surface area contributed by atoms with E-state index in [0.29, 0.717) is 37.6 Å². The molecule has 1 aliphatic heterocycles. The van der Waals surface area contributed by atoms with E-state index in [1.165, 1.54) is 0 Å². The number of nitrogens with zero attached hydrogens (tertiary/aromatic N) is 6. The smallest absolute Gasteiger partial charge is 0.410 e. The number of amides is 1. The summed E-state index contributed by atoms with van der Waals surface area (Å²) in [6.45, 7) is 12.1. The van der Waals surface area contributed by atoms with Crippen LogP contribution in [0.15, 0.2) is 36.8 Å². The summed E-state index contributed by atoms with van der Waals surface area (Å²) in [6, 6.07) is 8.17. The SMILES string of the molecule is CCOc1cc(-c2ccc(N3CCN(C(=O)OC(C)(C)C)[C@@H](CC)C3)nc2)c2c(C#N)cnn2c1. The van der Waals surface area contributed by atoms with Gasteiger partial charge >= 0.3 is 6.09 Å². The lowest BCUT2D eigenvalue weighted by Gasteiger charge is -2.41. The summed E-state index contributed by atoms with van der Waals surface area (Å²) in [5, 5.41) is 13.9. The molecule has 0 bridgehead atoms. The number of nitriles is 1. The van der Waals surface area contributed by atoms with E-state index in [2.05, 4.69) is 23.0 Å². The molecule has 0 aliphatic carbocycles. The second-order valence-corrected chi connectivity index (χ2v) is 9.57. The van der Waals surface area contributed by atoms with Gasteiger partial charge in [0.15, 0.2) is 0 Å². The third-order valence-electron chi connectivity index (χ3n) is 5.98. The molecule has 4 heterocycles. The van der Waals surface area contributed by atoms with Crippen LogP contribution in [0.4, 0.5) is 10.6 Å². The first-order chi connectivity index (χ1) is 16.7. The van der Waals surface area contributed by atoms with Gasteiger partial charge in [-0.3, -0.25) is 0 Å². The molecule has 9 nitrogen and oxygen atoms in total. The maximum absolute atomic E-state index is 12.7. The number of aromatic nitrogens is 3.